The zero-order chi connectivity index (χ0) is 18.8. The van der Waals surface area contributed by atoms with Crippen LogP contribution in [0, 0.1) is 0 Å². The number of aliphatic hydroxyl groups is 4. The molecule has 1 fully saturated rings. The van der Waals surface area contributed by atoms with Gasteiger partial charge in [0.15, 0.2) is 11.5 Å². The number of rotatable bonds is 6. The van der Waals surface area contributed by atoms with Gasteiger partial charge in [-0.2, -0.15) is 0 Å². The van der Waals surface area contributed by atoms with Crippen LogP contribution in [-0.2, 0) is 16.0 Å². The van der Waals surface area contributed by atoms with Gasteiger partial charge >= 0.3 is 5.97 Å². The molecule has 5 N–H and O–H groups in total. The topological polar surface area (TPSA) is 155 Å². The molecule has 0 saturated carbocycles. The first-order valence-electron chi connectivity index (χ1n) is 8.02. The number of aryl methyl sites for hydroxylation is 1. The van der Waals surface area contributed by atoms with Crippen molar-refractivity contribution in [3.05, 3.63) is 17.7 Å². The summed E-state index contributed by atoms with van der Waals surface area (Å²) in [6, 6.07) is 3.05. The minimum atomic E-state index is -1.58. The van der Waals surface area contributed by atoms with Gasteiger partial charge in [0.1, 0.15) is 30.2 Å². The van der Waals surface area contributed by atoms with E-state index in [1.807, 2.05) is 0 Å². The van der Waals surface area contributed by atoms with Crippen molar-refractivity contribution in [2.24, 2.45) is 0 Å². The molecule has 10 heteroatoms. The van der Waals surface area contributed by atoms with Crippen LogP contribution in [0.25, 0.3) is 0 Å². The van der Waals surface area contributed by atoms with Crippen molar-refractivity contribution in [1.82, 2.24) is 0 Å². The van der Waals surface area contributed by atoms with Crippen LogP contribution in [0.2, 0.25) is 0 Å². The zero-order valence-electron chi connectivity index (χ0n) is 13.6. The normalized spacial score (nSPS) is 30.2. The molecule has 1 aromatic carbocycles. The predicted octanol–water partition coefficient (Wildman–Crippen LogP) is -1.39. The number of hydrogen-bond acceptors (Lipinski definition) is 9. The molecule has 0 spiro atoms. The van der Waals surface area contributed by atoms with Crippen LogP contribution in [0.3, 0.4) is 0 Å². The van der Waals surface area contributed by atoms with Gasteiger partial charge in [0.2, 0.25) is 13.1 Å². The quantitative estimate of drug-likeness (QED) is 0.403. The van der Waals surface area contributed by atoms with E-state index in [0.717, 1.165) is 0 Å². The lowest BCUT2D eigenvalue weighted by Gasteiger charge is -2.39. The SMILES string of the molecule is O=C(O)CCc1cc2c(cc1O[C@@H]1O[C@H](CO)[C@@H](O)[C@H](O)[C@H]1O)OCO2. The van der Waals surface area contributed by atoms with Crippen molar-refractivity contribution in [3.63, 3.8) is 0 Å². The molecule has 0 aromatic heterocycles. The Kier molecular flexibility index (Phi) is 5.49. The number of benzene rings is 1. The first-order valence-corrected chi connectivity index (χ1v) is 8.02. The summed E-state index contributed by atoms with van der Waals surface area (Å²) >= 11 is 0. The predicted molar refractivity (Wildman–Crippen MR) is 82.9 cm³/mol. The highest BCUT2D eigenvalue weighted by molar-refractivity contribution is 5.67. The number of ether oxygens (including phenoxy) is 4. The Labute approximate surface area is 148 Å². The van der Waals surface area contributed by atoms with Crippen LogP contribution in [0.15, 0.2) is 12.1 Å². The van der Waals surface area contributed by atoms with Crippen molar-refractivity contribution in [1.29, 1.82) is 0 Å². The summed E-state index contributed by atoms with van der Waals surface area (Å²) in [5, 5.41) is 47.9. The van der Waals surface area contributed by atoms with Crippen molar-refractivity contribution < 1.29 is 49.3 Å². The number of carboxylic acid groups (broad SMARTS) is 1. The van der Waals surface area contributed by atoms with E-state index in [1.165, 1.54) is 6.07 Å². The molecular formula is C16H20O10. The molecule has 0 bridgehead atoms. The van der Waals surface area contributed by atoms with Gasteiger partial charge in [0, 0.05) is 12.5 Å². The molecule has 2 heterocycles. The third-order valence-corrected chi connectivity index (χ3v) is 4.26. The van der Waals surface area contributed by atoms with Crippen LogP contribution in [0.1, 0.15) is 12.0 Å². The van der Waals surface area contributed by atoms with E-state index in [-0.39, 0.29) is 25.4 Å². The molecule has 0 radical (unpaired) electrons. The maximum absolute atomic E-state index is 10.9. The Balaban J connectivity index is 1.84. The lowest BCUT2D eigenvalue weighted by Crippen LogP contribution is -2.60. The fourth-order valence-corrected chi connectivity index (χ4v) is 2.80. The molecule has 2 aliphatic heterocycles. The highest BCUT2D eigenvalue weighted by Gasteiger charge is 2.45. The smallest absolute Gasteiger partial charge is 0.303 e. The van der Waals surface area contributed by atoms with Gasteiger partial charge in [0.05, 0.1) is 6.61 Å². The van der Waals surface area contributed by atoms with Crippen molar-refractivity contribution in [3.8, 4) is 17.2 Å². The summed E-state index contributed by atoms with van der Waals surface area (Å²) in [5.74, 6) is -0.00325. The van der Waals surface area contributed by atoms with Crippen LogP contribution >= 0.6 is 0 Å². The Bertz CT molecular complexity index is 661. The fourth-order valence-electron chi connectivity index (χ4n) is 2.80. The lowest BCUT2D eigenvalue weighted by molar-refractivity contribution is -0.277. The minimum Gasteiger partial charge on any atom is -0.481 e. The Hall–Kier alpha value is -2.11. The van der Waals surface area contributed by atoms with E-state index >= 15 is 0 Å². The Morgan fingerprint density at radius 2 is 1.81 bits per heavy atom. The summed E-state index contributed by atoms with van der Waals surface area (Å²) in [6.45, 7) is -0.574. The fraction of sp³-hybridized carbons (Fsp3) is 0.562. The molecule has 0 amide bonds. The first kappa shape index (κ1) is 18.7. The molecule has 5 atom stereocenters. The van der Waals surface area contributed by atoms with Gasteiger partial charge in [-0.15, -0.1) is 0 Å². The van der Waals surface area contributed by atoms with E-state index in [4.69, 9.17) is 24.1 Å². The van der Waals surface area contributed by atoms with Gasteiger partial charge in [-0.3, -0.25) is 4.79 Å². The van der Waals surface area contributed by atoms with Gasteiger partial charge < -0.3 is 44.5 Å². The third-order valence-electron chi connectivity index (χ3n) is 4.26. The Morgan fingerprint density at radius 3 is 2.46 bits per heavy atom. The average molecular weight is 372 g/mol. The summed E-state index contributed by atoms with van der Waals surface area (Å²) in [7, 11) is 0. The number of carboxylic acids is 1. The molecule has 0 unspecified atom stereocenters. The number of aliphatic hydroxyl groups excluding tert-OH is 4. The number of carbonyl (C=O) groups is 1. The molecule has 2 aliphatic rings. The van der Waals surface area contributed by atoms with Crippen LogP contribution < -0.4 is 14.2 Å². The Morgan fingerprint density at radius 1 is 1.12 bits per heavy atom. The standard InChI is InChI=1S/C16H20O10/c17-5-11-13(20)14(21)15(22)16(26-11)25-8-4-10-9(23-6-24-10)3-7(8)1-2-12(18)19/h3-4,11,13-17,20-22H,1-2,5-6H2,(H,18,19)/t11-,13-,14+,15-,16-/m1/s1. The second-order valence-electron chi connectivity index (χ2n) is 6.02. The van der Waals surface area contributed by atoms with Crippen LogP contribution in [0.5, 0.6) is 17.2 Å². The molecular weight excluding hydrogens is 352 g/mol. The van der Waals surface area contributed by atoms with Crippen molar-refractivity contribution >= 4 is 5.97 Å². The van der Waals surface area contributed by atoms with Crippen LogP contribution in [-0.4, -0.2) is 75.6 Å². The van der Waals surface area contributed by atoms with Gasteiger partial charge in [0.25, 0.3) is 0 Å². The zero-order valence-corrected chi connectivity index (χ0v) is 13.6. The summed E-state index contributed by atoms with van der Waals surface area (Å²) in [4.78, 5) is 10.9. The average Bonchev–Trinajstić information content (AvgIpc) is 3.07. The second kappa shape index (κ2) is 7.64. The molecule has 10 nitrogen and oxygen atoms in total. The maximum Gasteiger partial charge on any atom is 0.303 e. The number of fused-ring (bicyclic) bond motifs is 1. The molecule has 0 aliphatic carbocycles. The van der Waals surface area contributed by atoms with Crippen molar-refractivity contribution in [2.45, 2.75) is 43.5 Å². The van der Waals surface area contributed by atoms with E-state index in [9.17, 15) is 25.2 Å². The second-order valence-corrected chi connectivity index (χ2v) is 6.02. The first-order chi connectivity index (χ1) is 12.4. The van der Waals surface area contributed by atoms with E-state index in [1.54, 1.807) is 6.07 Å². The van der Waals surface area contributed by atoms with Gasteiger partial charge in [-0.25, -0.2) is 0 Å². The van der Waals surface area contributed by atoms with Crippen molar-refractivity contribution in [2.75, 3.05) is 13.4 Å². The molecule has 1 aromatic rings. The lowest BCUT2D eigenvalue weighted by atomic mass is 9.99. The van der Waals surface area contributed by atoms with E-state index < -0.39 is 43.3 Å². The highest BCUT2D eigenvalue weighted by atomic mass is 16.7. The molecule has 26 heavy (non-hydrogen) atoms. The monoisotopic (exact) mass is 372 g/mol. The van der Waals surface area contributed by atoms with Gasteiger partial charge in [-0.05, 0) is 18.1 Å². The number of hydrogen-bond donors (Lipinski definition) is 5. The third kappa shape index (κ3) is 3.69. The molecule has 1 saturated heterocycles. The van der Waals surface area contributed by atoms with E-state index in [0.29, 0.717) is 17.1 Å². The largest absolute Gasteiger partial charge is 0.481 e. The van der Waals surface area contributed by atoms with Crippen LogP contribution in [0.4, 0.5) is 0 Å². The number of aliphatic carboxylic acids is 1. The minimum absolute atomic E-state index is 0.0111. The van der Waals surface area contributed by atoms with Gasteiger partial charge in [-0.1, -0.05) is 0 Å². The summed E-state index contributed by atoms with van der Waals surface area (Å²) in [6.07, 6.45) is -7.20. The summed E-state index contributed by atoms with van der Waals surface area (Å²) < 4.78 is 21.5. The molecule has 144 valence electrons. The molecule has 3 rings (SSSR count). The van der Waals surface area contributed by atoms with E-state index in [2.05, 4.69) is 0 Å². The maximum atomic E-state index is 10.9. The summed E-state index contributed by atoms with van der Waals surface area (Å²) in [5.41, 5.74) is 0.480. The highest BCUT2D eigenvalue weighted by Crippen LogP contribution is 2.39.